The van der Waals surface area contributed by atoms with Gasteiger partial charge < -0.3 is 10.1 Å². The van der Waals surface area contributed by atoms with Crippen molar-refractivity contribution >= 4 is 6.09 Å². The molecule has 1 saturated heterocycles. The van der Waals surface area contributed by atoms with Crippen molar-refractivity contribution in [1.29, 1.82) is 0 Å². The molecule has 0 spiro atoms. The van der Waals surface area contributed by atoms with Crippen molar-refractivity contribution in [2.45, 2.75) is 44.4 Å². The number of nitrogens with one attached hydrogen (secondary N) is 1. The monoisotopic (exact) mass is 340 g/mol. The van der Waals surface area contributed by atoms with Crippen molar-refractivity contribution in [2.24, 2.45) is 0 Å². The number of hydrogen-bond acceptors (Lipinski definition) is 3. The molecule has 2 rings (SSSR count). The molecule has 0 saturated carbocycles. The second kappa shape index (κ2) is 7.92. The normalized spacial score (nSPS) is 21.9. The molecule has 2 atom stereocenters. The molecule has 4 nitrogen and oxygen atoms in total. The second-order valence-electron chi connectivity index (χ2n) is 7.19. The number of alkyl carbamates (subject to hydrolysis) is 1. The van der Waals surface area contributed by atoms with E-state index in [1.54, 1.807) is 25.7 Å². The fourth-order valence-electron chi connectivity index (χ4n) is 3.01. The molecule has 1 aromatic rings. The van der Waals surface area contributed by atoms with Gasteiger partial charge in [0, 0.05) is 19.0 Å². The van der Waals surface area contributed by atoms with Crippen LogP contribution in [0, 0.1) is 0 Å². The van der Waals surface area contributed by atoms with E-state index in [0.717, 1.165) is 5.56 Å². The van der Waals surface area contributed by atoms with Crippen LogP contribution in [0.5, 0.6) is 0 Å². The topological polar surface area (TPSA) is 41.6 Å². The quantitative estimate of drug-likeness (QED) is 0.894. The number of benzene rings is 1. The summed E-state index contributed by atoms with van der Waals surface area (Å²) in [6, 6.07) is 8.69. The largest absolute Gasteiger partial charge is 0.444 e. The van der Waals surface area contributed by atoms with Crippen LogP contribution in [-0.2, 0) is 4.74 Å². The standard InChI is InChI=1S/C18H26F2N2O2/c1-18(2,3)24-17(23)21-16-12-22(14(9-19)10-20)11-15(16)13-7-5-4-6-8-13/h4-8,14-16H,9-12H2,1-3H3,(H,21,23)/t15-,16+/m0/s1. The van der Waals surface area contributed by atoms with Gasteiger partial charge in [-0.3, -0.25) is 4.90 Å². The maximum Gasteiger partial charge on any atom is 0.407 e. The molecular formula is C18H26F2N2O2. The van der Waals surface area contributed by atoms with E-state index in [4.69, 9.17) is 4.74 Å². The summed E-state index contributed by atoms with van der Waals surface area (Å²) >= 11 is 0. The molecule has 1 aliphatic heterocycles. The number of carbonyl (C=O) groups excluding carboxylic acids is 1. The molecular weight excluding hydrogens is 314 g/mol. The summed E-state index contributed by atoms with van der Waals surface area (Å²) in [6.45, 7) is 4.81. The Kier molecular flexibility index (Phi) is 6.15. The lowest BCUT2D eigenvalue weighted by Gasteiger charge is -2.24. The minimum Gasteiger partial charge on any atom is -0.444 e. The lowest BCUT2D eigenvalue weighted by Crippen LogP contribution is -2.44. The Hall–Kier alpha value is -1.69. The highest BCUT2D eigenvalue weighted by Gasteiger charge is 2.38. The fourth-order valence-corrected chi connectivity index (χ4v) is 3.01. The van der Waals surface area contributed by atoms with Gasteiger partial charge in [-0.25, -0.2) is 13.6 Å². The Bertz CT molecular complexity index is 530. The van der Waals surface area contributed by atoms with E-state index in [2.05, 4.69) is 5.32 Å². The van der Waals surface area contributed by atoms with Gasteiger partial charge in [0.15, 0.2) is 0 Å². The second-order valence-corrected chi connectivity index (χ2v) is 7.19. The van der Waals surface area contributed by atoms with E-state index < -0.39 is 31.1 Å². The van der Waals surface area contributed by atoms with Crippen LogP contribution in [0.2, 0.25) is 0 Å². The van der Waals surface area contributed by atoms with Crippen molar-refractivity contribution in [1.82, 2.24) is 10.2 Å². The van der Waals surface area contributed by atoms with Crippen LogP contribution in [0.15, 0.2) is 30.3 Å². The van der Waals surface area contributed by atoms with Crippen molar-refractivity contribution in [3.8, 4) is 0 Å². The van der Waals surface area contributed by atoms with Gasteiger partial charge in [0.25, 0.3) is 0 Å². The van der Waals surface area contributed by atoms with Gasteiger partial charge in [-0.2, -0.15) is 0 Å². The molecule has 1 amide bonds. The maximum absolute atomic E-state index is 13.1. The zero-order chi connectivity index (χ0) is 17.7. The first-order valence-electron chi connectivity index (χ1n) is 8.24. The van der Waals surface area contributed by atoms with E-state index in [9.17, 15) is 13.6 Å². The van der Waals surface area contributed by atoms with E-state index >= 15 is 0 Å². The van der Waals surface area contributed by atoms with Gasteiger partial charge in [0.2, 0.25) is 0 Å². The Balaban J connectivity index is 2.13. The van der Waals surface area contributed by atoms with Crippen molar-refractivity contribution in [2.75, 3.05) is 26.4 Å². The number of carbonyl (C=O) groups is 1. The summed E-state index contributed by atoms with van der Waals surface area (Å²) in [4.78, 5) is 13.9. The summed E-state index contributed by atoms with van der Waals surface area (Å²) in [6.07, 6.45) is -0.507. The van der Waals surface area contributed by atoms with Gasteiger partial charge in [0.05, 0.1) is 12.1 Å². The van der Waals surface area contributed by atoms with Crippen LogP contribution >= 0.6 is 0 Å². The third-order valence-electron chi connectivity index (χ3n) is 4.15. The smallest absolute Gasteiger partial charge is 0.407 e. The molecule has 0 radical (unpaired) electrons. The third-order valence-corrected chi connectivity index (χ3v) is 4.15. The Morgan fingerprint density at radius 2 is 1.88 bits per heavy atom. The zero-order valence-electron chi connectivity index (χ0n) is 14.5. The van der Waals surface area contributed by atoms with Crippen LogP contribution in [0.3, 0.4) is 0 Å². The average molecular weight is 340 g/mol. The molecule has 0 bridgehead atoms. The third kappa shape index (κ3) is 4.90. The first-order valence-corrected chi connectivity index (χ1v) is 8.24. The van der Waals surface area contributed by atoms with Crippen molar-refractivity contribution < 1.29 is 18.3 Å². The minimum atomic E-state index is -0.762. The van der Waals surface area contributed by atoms with Crippen LogP contribution < -0.4 is 5.32 Å². The summed E-state index contributed by atoms with van der Waals surface area (Å²) in [7, 11) is 0. The average Bonchev–Trinajstić information content (AvgIpc) is 2.91. The highest BCUT2D eigenvalue weighted by molar-refractivity contribution is 5.68. The summed E-state index contributed by atoms with van der Waals surface area (Å²) in [5, 5.41) is 2.87. The van der Waals surface area contributed by atoms with Gasteiger partial charge in [0.1, 0.15) is 19.0 Å². The van der Waals surface area contributed by atoms with E-state index in [1.165, 1.54) is 0 Å². The van der Waals surface area contributed by atoms with E-state index in [-0.39, 0.29) is 12.0 Å². The predicted molar refractivity (Wildman–Crippen MR) is 89.7 cm³/mol. The summed E-state index contributed by atoms with van der Waals surface area (Å²) in [5.41, 5.74) is 0.447. The number of alkyl halides is 2. The SMILES string of the molecule is CC(C)(C)OC(=O)N[C@@H]1CN(C(CF)CF)C[C@H]1c1ccccc1. The molecule has 6 heteroatoms. The summed E-state index contributed by atoms with van der Waals surface area (Å²) < 4.78 is 31.4. The number of ether oxygens (including phenoxy) is 1. The first kappa shape index (κ1) is 18.6. The van der Waals surface area contributed by atoms with Crippen LogP contribution in [0.4, 0.5) is 13.6 Å². The van der Waals surface area contributed by atoms with Crippen molar-refractivity contribution in [3.63, 3.8) is 0 Å². The number of halogens is 2. The molecule has 134 valence electrons. The van der Waals surface area contributed by atoms with Gasteiger partial charge in [-0.05, 0) is 26.3 Å². The molecule has 1 heterocycles. The van der Waals surface area contributed by atoms with Gasteiger partial charge in [-0.1, -0.05) is 30.3 Å². The van der Waals surface area contributed by atoms with E-state index in [0.29, 0.717) is 13.1 Å². The Morgan fingerprint density at radius 1 is 1.25 bits per heavy atom. The van der Waals surface area contributed by atoms with Crippen LogP contribution in [-0.4, -0.2) is 55.1 Å². The number of nitrogens with zero attached hydrogens (tertiary/aromatic N) is 1. The molecule has 1 aromatic carbocycles. The Morgan fingerprint density at radius 3 is 2.42 bits per heavy atom. The van der Waals surface area contributed by atoms with E-state index in [1.807, 2.05) is 30.3 Å². The number of rotatable bonds is 5. The highest BCUT2D eigenvalue weighted by atomic mass is 19.1. The minimum absolute atomic E-state index is 0.0284. The van der Waals surface area contributed by atoms with Crippen LogP contribution in [0.25, 0.3) is 0 Å². The molecule has 24 heavy (non-hydrogen) atoms. The fraction of sp³-hybridized carbons (Fsp3) is 0.611. The molecule has 0 aromatic heterocycles. The Labute approximate surface area is 142 Å². The molecule has 1 fully saturated rings. The highest BCUT2D eigenvalue weighted by Crippen LogP contribution is 2.29. The lowest BCUT2D eigenvalue weighted by molar-refractivity contribution is 0.0500. The number of hydrogen-bond donors (Lipinski definition) is 1. The van der Waals surface area contributed by atoms with Gasteiger partial charge >= 0.3 is 6.09 Å². The predicted octanol–water partition coefficient (Wildman–Crippen LogP) is 3.29. The number of amides is 1. The van der Waals surface area contributed by atoms with Gasteiger partial charge in [-0.15, -0.1) is 0 Å². The zero-order valence-corrected chi connectivity index (χ0v) is 14.5. The molecule has 1 aliphatic rings. The van der Waals surface area contributed by atoms with Crippen LogP contribution in [0.1, 0.15) is 32.3 Å². The first-order chi connectivity index (χ1) is 11.3. The molecule has 1 N–H and O–H groups in total. The maximum atomic E-state index is 13.1. The van der Waals surface area contributed by atoms with Crippen molar-refractivity contribution in [3.05, 3.63) is 35.9 Å². The lowest BCUT2D eigenvalue weighted by atomic mass is 9.94. The molecule has 0 aliphatic carbocycles. The molecule has 0 unspecified atom stereocenters. The number of likely N-dealkylation sites (tertiary alicyclic amines) is 1. The summed E-state index contributed by atoms with van der Waals surface area (Å²) in [5.74, 6) is -0.0284.